The molecule has 1 aromatic heterocycles. The van der Waals surface area contributed by atoms with E-state index in [4.69, 9.17) is 0 Å². The monoisotopic (exact) mass is 328 g/mol. The van der Waals surface area contributed by atoms with Gasteiger partial charge in [-0.2, -0.15) is 0 Å². The van der Waals surface area contributed by atoms with Gasteiger partial charge in [-0.25, -0.2) is 0 Å². The molecule has 1 N–H and O–H groups in total. The number of amides is 1. The van der Waals surface area contributed by atoms with E-state index in [1.807, 2.05) is 61.6 Å². The molecule has 0 bridgehead atoms. The fourth-order valence-corrected chi connectivity index (χ4v) is 3.13. The molecule has 3 aromatic carbocycles. The molecular formula is C21H16N2O2. The van der Waals surface area contributed by atoms with Crippen LogP contribution in [0.4, 0.5) is 5.69 Å². The summed E-state index contributed by atoms with van der Waals surface area (Å²) in [6.45, 7) is 0. The molecule has 1 heterocycles. The molecule has 0 aliphatic carbocycles. The lowest BCUT2D eigenvalue weighted by molar-refractivity contribution is 0.102. The lowest BCUT2D eigenvalue weighted by atomic mass is 10.1. The van der Waals surface area contributed by atoms with Crippen molar-refractivity contribution in [3.05, 3.63) is 88.7 Å². The average molecular weight is 328 g/mol. The predicted molar refractivity (Wildman–Crippen MR) is 101 cm³/mol. The first-order chi connectivity index (χ1) is 12.1. The number of rotatable bonds is 2. The van der Waals surface area contributed by atoms with Crippen LogP contribution < -0.4 is 10.7 Å². The predicted octanol–water partition coefficient (Wildman–Crippen LogP) is 3.94. The van der Waals surface area contributed by atoms with Crippen molar-refractivity contribution >= 4 is 33.3 Å². The van der Waals surface area contributed by atoms with Crippen molar-refractivity contribution in [2.75, 3.05) is 5.32 Å². The zero-order valence-corrected chi connectivity index (χ0v) is 13.7. The van der Waals surface area contributed by atoms with E-state index in [-0.39, 0.29) is 11.0 Å². The number of hydrogen-bond donors (Lipinski definition) is 1. The van der Waals surface area contributed by atoms with Gasteiger partial charge in [-0.05, 0) is 23.6 Å². The summed E-state index contributed by atoms with van der Waals surface area (Å²) in [7, 11) is 1.83. The summed E-state index contributed by atoms with van der Waals surface area (Å²) in [6.07, 6.45) is 1.59. The molecule has 0 fully saturated rings. The molecule has 0 saturated carbocycles. The third-order valence-corrected chi connectivity index (χ3v) is 4.38. The smallest absolute Gasteiger partial charge is 0.261 e. The lowest BCUT2D eigenvalue weighted by Gasteiger charge is -2.11. The van der Waals surface area contributed by atoms with Crippen molar-refractivity contribution in [2.24, 2.45) is 7.05 Å². The standard InChI is InChI=1S/C21H16N2O2/c1-23-13-17(20(24)16-10-4-5-12-19(16)23)21(25)22-18-11-6-8-14-7-2-3-9-15(14)18/h2-13H,1H3,(H,22,25). The van der Waals surface area contributed by atoms with Crippen LogP contribution in [0.25, 0.3) is 21.7 Å². The van der Waals surface area contributed by atoms with Crippen molar-refractivity contribution in [3.63, 3.8) is 0 Å². The van der Waals surface area contributed by atoms with Crippen LogP contribution in [0, 0.1) is 0 Å². The van der Waals surface area contributed by atoms with E-state index in [9.17, 15) is 9.59 Å². The molecule has 1 amide bonds. The lowest BCUT2D eigenvalue weighted by Crippen LogP contribution is -2.23. The third-order valence-electron chi connectivity index (χ3n) is 4.38. The zero-order chi connectivity index (χ0) is 17.4. The Kier molecular flexibility index (Phi) is 3.58. The van der Waals surface area contributed by atoms with Gasteiger partial charge in [0.05, 0.1) is 5.52 Å². The van der Waals surface area contributed by atoms with Crippen LogP contribution in [-0.4, -0.2) is 10.5 Å². The van der Waals surface area contributed by atoms with Crippen LogP contribution in [0.15, 0.2) is 77.7 Å². The highest BCUT2D eigenvalue weighted by Gasteiger charge is 2.15. The van der Waals surface area contributed by atoms with Crippen molar-refractivity contribution in [1.29, 1.82) is 0 Å². The summed E-state index contributed by atoms with van der Waals surface area (Å²) < 4.78 is 1.80. The van der Waals surface area contributed by atoms with Gasteiger partial charge in [0.1, 0.15) is 5.56 Å². The Bertz CT molecular complexity index is 1170. The maximum Gasteiger partial charge on any atom is 0.261 e. The Hall–Kier alpha value is -3.40. The third kappa shape index (κ3) is 2.58. The Morgan fingerprint density at radius 3 is 2.40 bits per heavy atom. The van der Waals surface area contributed by atoms with Crippen LogP contribution in [0.1, 0.15) is 10.4 Å². The van der Waals surface area contributed by atoms with Crippen molar-refractivity contribution < 1.29 is 4.79 Å². The number of nitrogens with one attached hydrogen (secondary N) is 1. The number of nitrogens with zero attached hydrogens (tertiary/aromatic N) is 1. The van der Waals surface area contributed by atoms with Gasteiger partial charge < -0.3 is 9.88 Å². The van der Waals surface area contributed by atoms with E-state index in [1.165, 1.54) is 0 Å². The number of carbonyl (C=O) groups is 1. The van der Waals surface area contributed by atoms with Crippen molar-refractivity contribution in [1.82, 2.24) is 4.57 Å². The number of hydrogen-bond acceptors (Lipinski definition) is 2. The maximum absolute atomic E-state index is 12.8. The number of benzene rings is 3. The van der Waals surface area contributed by atoms with Gasteiger partial charge in [0.2, 0.25) is 5.43 Å². The van der Waals surface area contributed by atoms with Crippen LogP contribution in [0.5, 0.6) is 0 Å². The summed E-state index contributed by atoms with van der Waals surface area (Å²) >= 11 is 0. The Morgan fingerprint density at radius 1 is 0.880 bits per heavy atom. The van der Waals surface area contributed by atoms with E-state index < -0.39 is 5.91 Å². The minimum absolute atomic E-state index is 0.133. The Balaban J connectivity index is 1.80. The van der Waals surface area contributed by atoms with E-state index in [2.05, 4.69) is 5.32 Å². The van der Waals surface area contributed by atoms with Gasteiger partial charge >= 0.3 is 0 Å². The molecule has 0 aliphatic rings. The quantitative estimate of drug-likeness (QED) is 0.606. The summed E-state index contributed by atoms with van der Waals surface area (Å²) in [5.41, 5.74) is 1.37. The summed E-state index contributed by atoms with van der Waals surface area (Å²) in [5, 5.41) is 5.39. The molecule has 4 rings (SSSR count). The first-order valence-corrected chi connectivity index (χ1v) is 8.02. The fraction of sp³-hybridized carbons (Fsp3) is 0.0476. The molecule has 4 aromatic rings. The van der Waals surface area contributed by atoms with Gasteiger partial charge in [0.15, 0.2) is 0 Å². The second kappa shape index (κ2) is 5.91. The highest BCUT2D eigenvalue weighted by Crippen LogP contribution is 2.23. The van der Waals surface area contributed by atoms with Crippen molar-refractivity contribution in [2.45, 2.75) is 0 Å². The number of aryl methyl sites for hydroxylation is 1. The molecule has 4 heteroatoms. The summed E-state index contributed by atoms with van der Waals surface area (Å²) in [4.78, 5) is 25.5. The van der Waals surface area contributed by atoms with Gasteiger partial charge in [0.25, 0.3) is 5.91 Å². The van der Waals surface area contributed by atoms with E-state index in [0.717, 1.165) is 16.3 Å². The van der Waals surface area contributed by atoms with Crippen LogP contribution in [0.3, 0.4) is 0 Å². The van der Waals surface area contributed by atoms with Crippen molar-refractivity contribution in [3.8, 4) is 0 Å². The number of anilines is 1. The van der Waals surface area contributed by atoms with Gasteiger partial charge in [-0.1, -0.05) is 48.5 Å². The molecular weight excluding hydrogens is 312 g/mol. The minimum Gasteiger partial charge on any atom is -0.350 e. The summed E-state index contributed by atoms with van der Waals surface area (Å²) in [6, 6.07) is 20.8. The molecule has 0 saturated heterocycles. The molecule has 0 unspecified atom stereocenters. The van der Waals surface area contributed by atoms with E-state index in [1.54, 1.807) is 22.9 Å². The van der Waals surface area contributed by atoms with E-state index >= 15 is 0 Å². The van der Waals surface area contributed by atoms with Crippen LogP contribution >= 0.6 is 0 Å². The number of carbonyl (C=O) groups excluding carboxylic acids is 1. The minimum atomic E-state index is -0.400. The normalized spacial score (nSPS) is 10.9. The molecule has 25 heavy (non-hydrogen) atoms. The molecule has 4 nitrogen and oxygen atoms in total. The SMILES string of the molecule is Cn1cc(C(=O)Nc2cccc3ccccc23)c(=O)c2ccccc21. The number of fused-ring (bicyclic) bond motifs is 2. The molecule has 0 spiro atoms. The van der Waals surface area contributed by atoms with Gasteiger partial charge in [-0.15, -0.1) is 0 Å². The first kappa shape index (κ1) is 15.1. The van der Waals surface area contributed by atoms with Crippen LogP contribution in [0.2, 0.25) is 0 Å². The fourth-order valence-electron chi connectivity index (χ4n) is 3.13. The second-order valence-electron chi connectivity index (χ2n) is 5.98. The second-order valence-corrected chi connectivity index (χ2v) is 5.98. The Labute approximate surface area is 144 Å². The van der Waals surface area contributed by atoms with Gasteiger partial charge in [-0.3, -0.25) is 9.59 Å². The largest absolute Gasteiger partial charge is 0.350 e. The molecule has 0 aliphatic heterocycles. The number of aromatic nitrogens is 1. The van der Waals surface area contributed by atoms with Gasteiger partial charge in [0, 0.05) is 29.7 Å². The van der Waals surface area contributed by atoms with E-state index in [0.29, 0.717) is 11.1 Å². The first-order valence-electron chi connectivity index (χ1n) is 8.02. The van der Waals surface area contributed by atoms with Crippen LogP contribution in [-0.2, 0) is 7.05 Å². The number of pyridine rings is 1. The average Bonchev–Trinajstić information content (AvgIpc) is 2.65. The highest BCUT2D eigenvalue weighted by molar-refractivity contribution is 6.10. The molecule has 122 valence electrons. The number of para-hydroxylation sites is 1. The highest BCUT2D eigenvalue weighted by atomic mass is 16.2. The topological polar surface area (TPSA) is 51.1 Å². The maximum atomic E-state index is 12.8. The summed E-state index contributed by atoms with van der Waals surface area (Å²) in [5.74, 6) is -0.400. The zero-order valence-electron chi connectivity index (χ0n) is 13.7. The Morgan fingerprint density at radius 2 is 1.56 bits per heavy atom. The molecule has 0 radical (unpaired) electrons. The molecule has 0 atom stereocenters.